The molecule has 0 aromatic rings. The van der Waals surface area contributed by atoms with E-state index in [-0.39, 0.29) is 24.2 Å². The van der Waals surface area contributed by atoms with Crippen LogP contribution in [0.25, 0.3) is 0 Å². The number of nitrogens with two attached hydrogens (primary N) is 1. The Morgan fingerprint density at radius 1 is 1.33 bits per heavy atom. The normalized spacial score (nSPS) is 14.6. The number of nitrogens with one attached hydrogen (secondary N) is 1. The number of nitrogens with zero attached hydrogens (tertiary/aromatic N) is 3. The number of halogens is 1. The van der Waals surface area contributed by atoms with Gasteiger partial charge in [0.15, 0.2) is 6.73 Å². The van der Waals surface area contributed by atoms with Crippen LogP contribution in [0.1, 0.15) is 26.7 Å². The van der Waals surface area contributed by atoms with Gasteiger partial charge in [0.2, 0.25) is 0 Å². The first-order chi connectivity index (χ1) is 12.9. The third kappa shape index (κ3) is 10.8. The summed E-state index contributed by atoms with van der Waals surface area (Å²) in [5.41, 5.74) is 6.53. The van der Waals surface area contributed by atoms with Crippen LogP contribution in [0.4, 0.5) is 4.39 Å². The van der Waals surface area contributed by atoms with Crippen LogP contribution in [0.15, 0.2) is 40.6 Å². The Hall–Kier alpha value is -1.86. The Kier molecular flexibility index (Phi) is 14.2. The Morgan fingerprint density at radius 3 is 2.59 bits per heavy atom. The maximum Gasteiger partial charge on any atom is 0.178 e. The fourth-order valence-corrected chi connectivity index (χ4v) is 2.49. The zero-order valence-corrected chi connectivity index (χ0v) is 17.8. The summed E-state index contributed by atoms with van der Waals surface area (Å²) in [5, 5.41) is 3.00. The van der Waals surface area contributed by atoms with E-state index in [0.717, 1.165) is 25.2 Å². The van der Waals surface area contributed by atoms with Crippen LogP contribution in [-0.2, 0) is 4.74 Å². The molecular weight excluding hydrogens is 345 g/mol. The fourth-order valence-electron chi connectivity index (χ4n) is 2.49. The molecule has 0 aliphatic carbocycles. The molecule has 0 saturated heterocycles. The molecule has 0 heterocycles. The summed E-state index contributed by atoms with van der Waals surface area (Å²) >= 11 is 0. The summed E-state index contributed by atoms with van der Waals surface area (Å²) in [6, 6.07) is 0. The molecule has 6 nitrogen and oxygen atoms in total. The largest absolute Gasteiger partial charge is 0.473 e. The molecule has 0 saturated carbocycles. The van der Waals surface area contributed by atoms with Crippen LogP contribution in [0.5, 0.6) is 0 Å². The summed E-state index contributed by atoms with van der Waals surface area (Å²) < 4.78 is 20.6. The summed E-state index contributed by atoms with van der Waals surface area (Å²) in [5.74, 6) is -0.351. The highest BCUT2D eigenvalue weighted by molar-refractivity contribution is 5.70. The number of rotatable bonds is 14. The highest BCUT2D eigenvalue weighted by Crippen LogP contribution is 2.30. The van der Waals surface area contributed by atoms with Gasteiger partial charge in [-0.05, 0) is 39.4 Å². The maximum atomic E-state index is 15.1. The average molecular weight is 384 g/mol. The Labute approximate surface area is 164 Å². The Morgan fingerprint density at radius 2 is 2.04 bits per heavy atom. The van der Waals surface area contributed by atoms with Crippen LogP contribution >= 0.6 is 0 Å². The fraction of sp³-hybridized carbons (Fsp3) is 0.650. The van der Waals surface area contributed by atoms with Crippen LogP contribution in [0.2, 0.25) is 0 Å². The zero-order chi connectivity index (χ0) is 20.7. The summed E-state index contributed by atoms with van der Waals surface area (Å²) in [7, 11) is 7.71. The molecule has 27 heavy (non-hydrogen) atoms. The van der Waals surface area contributed by atoms with E-state index in [1.54, 1.807) is 13.1 Å². The van der Waals surface area contributed by atoms with Gasteiger partial charge < -0.3 is 25.6 Å². The molecule has 0 aliphatic heterocycles. The zero-order valence-electron chi connectivity index (χ0n) is 17.8. The smallest absolute Gasteiger partial charge is 0.178 e. The lowest BCUT2D eigenvalue weighted by Gasteiger charge is -2.30. The van der Waals surface area contributed by atoms with E-state index in [1.807, 2.05) is 58.4 Å². The van der Waals surface area contributed by atoms with Gasteiger partial charge in [-0.3, -0.25) is 4.99 Å². The van der Waals surface area contributed by atoms with E-state index in [0.29, 0.717) is 13.0 Å². The number of aliphatic imine (C=N–C) groups is 1. The number of hydrogen-bond acceptors (Lipinski definition) is 6. The minimum absolute atomic E-state index is 0.0926. The summed E-state index contributed by atoms with van der Waals surface area (Å²) in [6.45, 7) is 5.88. The van der Waals surface area contributed by atoms with E-state index >= 15 is 4.39 Å². The van der Waals surface area contributed by atoms with Crippen LogP contribution in [0, 0.1) is 5.92 Å². The van der Waals surface area contributed by atoms with Crippen LogP contribution < -0.4 is 11.1 Å². The van der Waals surface area contributed by atoms with E-state index < -0.39 is 0 Å². The molecule has 0 rings (SSSR count). The minimum Gasteiger partial charge on any atom is -0.473 e. The van der Waals surface area contributed by atoms with Crippen molar-refractivity contribution in [1.82, 2.24) is 15.1 Å². The molecule has 1 atom stereocenters. The van der Waals surface area contributed by atoms with Crippen molar-refractivity contribution in [1.29, 1.82) is 0 Å². The molecule has 1 unspecified atom stereocenters. The first kappa shape index (κ1) is 25.1. The molecule has 0 aromatic carbocycles. The quantitative estimate of drug-likeness (QED) is 0.357. The lowest BCUT2D eigenvalue weighted by atomic mass is 9.99. The van der Waals surface area contributed by atoms with Gasteiger partial charge in [0.05, 0.1) is 5.92 Å². The molecule has 156 valence electrons. The molecule has 7 heteroatoms. The van der Waals surface area contributed by atoms with Gasteiger partial charge in [-0.25, -0.2) is 4.39 Å². The summed E-state index contributed by atoms with van der Waals surface area (Å²) in [4.78, 5) is 8.11. The first-order valence-electron chi connectivity index (χ1n) is 9.46. The second-order valence-corrected chi connectivity index (χ2v) is 6.54. The molecule has 0 aromatic heterocycles. The van der Waals surface area contributed by atoms with Crippen molar-refractivity contribution in [3.05, 3.63) is 35.6 Å². The van der Waals surface area contributed by atoms with Gasteiger partial charge in [0.1, 0.15) is 11.6 Å². The predicted molar refractivity (Wildman–Crippen MR) is 113 cm³/mol. The monoisotopic (exact) mass is 383 g/mol. The van der Waals surface area contributed by atoms with Crippen molar-refractivity contribution in [2.24, 2.45) is 16.6 Å². The van der Waals surface area contributed by atoms with Gasteiger partial charge in [-0.2, -0.15) is 0 Å². The third-order valence-corrected chi connectivity index (χ3v) is 3.94. The van der Waals surface area contributed by atoms with Crippen molar-refractivity contribution in [2.45, 2.75) is 26.7 Å². The van der Waals surface area contributed by atoms with E-state index in [1.165, 1.54) is 0 Å². The predicted octanol–water partition coefficient (Wildman–Crippen LogP) is 2.72. The number of likely N-dealkylation sites (N-methyl/N-ethyl adjacent to an activating group) is 1. The van der Waals surface area contributed by atoms with Gasteiger partial charge in [-0.1, -0.05) is 13.0 Å². The second-order valence-electron chi connectivity index (χ2n) is 6.54. The van der Waals surface area contributed by atoms with Crippen molar-refractivity contribution >= 4 is 6.21 Å². The second kappa shape index (κ2) is 15.2. The van der Waals surface area contributed by atoms with E-state index in [2.05, 4.69) is 15.2 Å². The van der Waals surface area contributed by atoms with Gasteiger partial charge >= 0.3 is 0 Å². The highest BCUT2D eigenvalue weighted by atomic mass is 19.1. The standard InChI is InChI=1S/C20H38FN5O/c1-7-18(19(15-25(4)5)26(6)14-10-11-22)20(21)17(2)27-16-24-13-9-8-12-23-3/h8-9,13,15,18,23H,7,10-12,14,16,22H2,1-6H3/b9-8-,19-15-,20-17-,24-13?. The Balaban J connectivity index is 5.16. The summed E-state index contributed by atoms with van der Waals surface area (Å²) in [6.07, 6.45) is 8.87. The Bertz CT molecular complexity index is 515. The maximum absolute atomic E-state index is 15.1. The molecular formula is C20H38FN5O. The average Bonchev–Trinajstić information content (AvgIpc) is 2.64. The van der Waals surface area contributed by atoms with Gasteiger partial charge in [0, 0.05) is 52.3 Å². The minimum atomic E-state index is -0.366. The lowest BCUT2D eigenvalue weighted by Crippen LogP contribution is -2.28. The molecule has 0 fully saturated rings. The topological polar surface area (TPSA) is 66.1 Å². The van der Waals surface area contributed by atoms with Crippen molar-refractivity contribution in [3.8, 4) is 0 Å². The van der Waals surface area contributed by atoms with Gasteiger partial charge in [-0.15, -0.1) is 0 Å². The third-order valence-electron chi connectivity index (χ3n) is 3.94. The SMILES string of the molecule is CCC(/C(=C/N(C)C)N(C)CCCN)/C(F)=C(\C)OCN=C/C=C\CNC. The van der Waals surface area contributed by atoms with Crippen LogP contribution in [-0.4, -0.2) is 70.6 Å². The lowest BCUT2D eigenvalue weighted by molar-refractivity contribution is 0.203. The molecule has 3 N–H and O–H groups in total. The first-order valence-corrected chi connectivity index (χ1v) is 9.46. The van der Waals surface area contributed by atoms with Crippen molar-refractivity contribution < 1.29 is 9.13 Å². The van der Waals surface area contributed by atoms with Crippen molar-refractivity contribution in [2.75, 3.05) is 54.6 Å². The molecule has 0 amide bonds. The number of hydrogen-bond donors (Lipinski definition) is 2. The van der Waals surface area contributed by atoms with Gasteiger partial charge in [0.25, 0.3) is 0 Å². The highest BCUT2D eigenvalue weighted by Gasteiger charge is 2.24. The molecule has 0 spiro atoms. The molecule has 0 bridgehead atoms. The number of ether oxygens (including phenoxy) is 1. The van der Waals surface area contributed by atoms with Crippen LogP contribution in [0.3, 0.4) is 0 Å². The molecule has 0 aliphatic rings. The van der Waals surface area contributed by atoms with E-state index in [4.69, 9.17) is 10.5 Å². The van der Waals surface area contributed by atoms with Crippen molar-refractivity contribution in [3.63, 3.8) is 0 Å². The molecule has 0 radical (unpaired) electrons. The number of allylic oxidation sites excluding steroid dienone is 3. The van der Waals surface area contributed by atoms with E-state index in [9.17, 15) is 0 Å².